The number of nitrogens with zero attached hydrogens (tertiary/aromatic N) is 2. The molecule has 176 valence electrons. The van der Waals surface area contributed by atoms with Gasteiger partial charge < -0.3 is 9.47 Å². The standard InChI is InChI=1S/C30H34N2O2/c1-19-7-23(8-20(2)25(19)33-17-31)29-12-27(5)11-28(6,13-29)15-30(14-27,16-29)24-9-21(3)26(34-18-32)22(4)10-24/h7-10H,11-16H2,1-6H3. The molecule has 2 aromatic carbocycles. The number of hydrogen-bond acceptors (Lipinski definition) is 4. The molecule has 34 heavy (non-hydrogen) atoms. The second-order valence-electron chi connectivity index (χ2n) is 12.5. The molecule has 0 N–H and O–H groups in total. The van der Waals surface area contributed by atoms with Gasteiger partial charge in [0.25, 0.3) is 12.5 Å². The fraction of sp³-hybridized carbons (Fsp3) is 0.533. The Kier molecular flexibility index (Phi) is 4.87. The van der Waals surface area contributed by atoms with E-state index < -0.39 is 0 Å². The van der Waals surface area contributed by atoms with E-state index in [1.54, 1.807) is 0 Å². The van der Waals surface area contributed by atoms with Crippen molar-refractivity contribution in [2.45, 2.75) is 90.9 Å². The molecule has 6 rings (SSSR count). The molecule has 0 heterocycles. The van der Waals surface area contributed by atoms with Gasteiger partial charge in [-0.2, -0.15) is 0 Å². The Morgan fingerprint density at radius 3 is 1.21 bits per heavy atom. The third-order valence-electron chi connectivity index (χ3n) is 9.03. The highest BCUT2D eigenvalue weighted by Gasteiger charge is 2.66. The topological polar surface area (TPSA) is 66.0 Å². The van der Waals surface area contributed by atoms with Gasteiger partial charge in [0.05, 0.1) is 0 Å². The summed E-state index contributed by atoms with van der Waals surface area (Å²) in [6, 6.07) is 9.14. The van der Waals surface area contributed by atoms with E-state index in [4.69, 9.17) is 20.0 Å². The maximum absolute atomic E-state index is 9.09. The molecule has 0 radical (unpaired) electrons. The first-order valence-corrected chi connectivity index (χ1v) is 12.3. The first-order chi connectivity index (χ1) is 16.0. The van der Waals surface area contributed by atoms with Crippen LogP contribution in [0.4, 0.5) is 0 Å². The highest BCUT2D eigenvalue weighted by atomic mass is 16.5. The van der Waals surface area contributed by atoms with Gasteiger partial charge in [-0.1, -0.05) is 38.1 Å². The average molecular weight is 455 g/mol. The zero-order chi connectivity index (χ0) is 24.5. The van der Waals surface area contributed by atoms with E-state index in [1.807, 2.05) is 12.5 Å². The molecule has 4 bridgehead atoms. The van der Waals surface area contributed by atoms with Crippen molar-refractivity contribution in [2.24, 2.45) is 10.8 Å². The Morgan fingerprint density at radius 1 is 0.588 bits per heavy atom. The summed E-state index contributed by atoms with van der Waals surface area (Å²) in [4.78, 5) is 0. The first-order valence-electron chi connectivity index (χ1n) is 12.3. The van der Waals surface area contributed by atoms with Crippen LogP contribution in [0.2, 0.25) is 0 Å². The molecule has 0 aliphatic heterocycles. The lowest BCUT2D eigenvalue weighted by Crippen LogP contribution is -2.62. The van der Waals surface area contributed by atoms with Crippen molar-refractivity contribution in [3.63, 3.8) is 0 Å². The average Bonchev–Trinajstić information content (AvgIpc) is 2.70. The second kappa shape index (κ2) is 7.26. The molecule has 4 nitrogen and oxygen atoms in total. The van der Waals surface area contributed by atoms with Crippen molar-refractivity contribution in [2.75, 3.05) is 0 Å². The molecule has 0 amide bonds. The lowest BCUT2D eigenvalue weighted by atomic mass is 9.34. The first kappa shape index (κ1) is 22.8. The van der Waals surface area contributed by atoms with Crippen molar-refractivity contribution in [3.05, 3.63) is 57.6 Å². The van der Waals surface area contributed by atoms with Crippen LogP contribution in [0.1, 0.15) is 85.8 Å². The highest BCUT2D eigenvalue weighted by Crippen LogP contribution is 2.74. The number of benzene rings is 2. The molecule has 4 saturated carbocycles. The van der Waals surface area contributed by atoms with Crippen LogP contribution in [0.5, 0.6) is 11.5 Å². The van der Waals surface area contributed by atoms with Gasteiger partial charge in [0.1, 0.15) is 11.5 Å². The molecular formula is C30H34N2O2. The second-order valence-corrected chi connectivity index (χ2v) is 12.5. The number of rotatable bonds is 4. The fourth-order valence-corrected chi connectivity index (χ4v) is 9.23. The van der Waals surface area contributed by atoms with Gasteiger partial charge in [-0.3, -0.25) is 0 Å². The molecule has 2 aromatic rings. The SMILES string of the molecule is Cc1cc(C23CC4(C)CC(C)(C2)CC(c2cc(C)c(OC#N)c(C)c2)(C4)C3)cc(C)c1OC#N. The van der Waals surface area contributed by atoms with Crippen LogP contribution < -0.4 is 9.47 Å². The summed E-state index contributed by atoms with van der Waals surface area (Å²) >= 11 is 0. The van der Waals surface area contributed by atoms with Crippen molar-refractivity contribution < 1.29 is 9.47 Å². The summed E-state index contributed by atoms with van der Waals surface area (Å²) < 4.78 is 10.6. The third-order valence-corrected chi connectivity index (χ3v) is 9.03. The van der Waals surface area contributed by atoms with E-state index in [0.29, 0.717) is 11.5 Å². The normalized spacial score (nSPS) is 33.3. The van der Waals surface area contributed by atoms with Crippen molar-refractivity contribution >= 4 is 0 Å². The predicted molar refractivity (Wildman–Crippen MR) is 132 cm³/mol. The Balaban J connectivity index is 1.66. The quantitative estimate of drug-likeness (QED) is 0.458. The van der Waals surface area contributed by atoms with Crippen LogP contribution in [0, 0.1) is 61.6 Å². The molecule has 0 unspecified atom stereocenters. The van der Waals surface area contributed by atoms with Gasteiger partial charge in [0, 0.05) is 0 Å². The van der Waals surface area contributed by atoms with Crippen LogP contribution in [-0.4, -0.2) is 0 Å². The van der Waals surface area contributed by atoms with Gasteiger partial charge in [-0.05, 0) is 121 Å². The van der Waals surface area contributed by atoms with E-state index >= 15 is 0 Å². The fourth-order valence-electron chi connectivity index (χ4n) is 9.23. The molecule has 4 aliphatic carbocycles. The summed E-state index contributed by atoms with van der Waals surface area (Å²) in [5.41, 5.74) is 7.79. The van der Waals surface area contributed by atoms with Gasteiger partial charge >= 0.3 is 0 Å². The van der Waals surface area contributed by atoms with Crippen molar-refractivity contribution in [1.29, 1.82) is 10.5 Å². The van der Waals surface area contributed by atoms with E-state index in [0.717, 1.165) is 28.7 Å². The Morgan fingerprint density at radius 2 is 0.912 bits per heavy atom. The zero-order valence-corrected chi connectivity index (χ0v) is 21.3. The Bertz CT molecular complexity index is 1120. The molecular weight excluding hydrogens is 420 g/mol. The molecule has 4 aliphatic rings. The third kappa shape index (κ3) is 3.31. The lowest BCUT2D eigenvalue weighted by molar-refractivity contribution is -0.126. The summed E-state index contributed by atoms with van der Waals surface area (Å²) in [5.74, 6) is 1.39. The van der Waals surface area contributed by atoms with Crippen LogP contribution in [0.25, 0.3) is 0 Å². The zero-order valence-electron chi connectivity index (χ0n) is 21.3. The van der Waals surface area contributed by atoms with E-state index in [9.17, 15) is 0 Å². The van der Waals surface area contributed by atoms with Gasteiger partial charge in [-0.15, -0.1) is 10.5 Å². The van der Waals surface area contributed by atoms with Gasteiger partial charge in [-0.25, -0.2) is 0 Å². The van der Waals surface area contributed by atoms with Crippen molar-refractivity contribution in [1.82, 2.24) is 0 Å². The van der Waals surface area contributed by atoms with E-state index in [1.165, 1.54) is 43.2 Å². The van der Waals surface area contributed by atoms with Crippen LogP contribution in [-0.2, 0) is 10.8 Å². The maximum Gasteiger partial charge on any atom is 0.292 e. The molecule has 4 heteroatoms. The number of aryl methyl sites for hydroxylation is 4. The predicted octanol–water partition coefficient (Wildman–Crippen LogP) is 7.21. The number of nitriles is 2. The van der Waals surface area contributed by atoms with E-state index in [2.05, 4.69) is 65.8 Å². The molecule has 0 spiro atoms. The Labute approximate surface area is 203 Å². The van der Waals surface area contributed by atoms with Crippen LogP contribution in [0.3, 0.4) is 0 Å². The van der Waals surface area contributed by atoms with Crippen molar-refractivity contribution in [3.8, 4) is 24.0 Å². The number of hydrogen-bond donors (Lipinski definition) is 0. The number of ether oxygens (including phenoxy) is 2. The molecule has 0 saturated heterocycles. The summed E-state index contributed by atoms with van der Waals surface area (Å²) in [7, 11) is 0. The molecule has 4 fully saturated rings. The smallest absolute Gasteiger partial charge is 0.292 e. The van der Waals surface area contributed by atoms with Gasteiger partial charge in [0.15, 0.2) is 0 Å². The van der Waals surface area contributed by atoms with Crippen LogP contribution in [0.15, 0.2) is 24.3 Å². The minimum absolute atomic E-state index is 0.114. The summed E-state index contributed by atoms with van der Waals surface area (Å²) in [6.07, 6.45) is 11.0. The molecule has 0 atom stereocenters. The van der Waals surface area contributed by atoms with E-state index in [-0.39, 0.29) is 21.7 Å². The summed E-state index contributed by atoms with van der Waals surface area (Å²) in [6.45, 7) is 13.2. The minimum atomic E-state index is 0.114. The minimum Gasteiger partial charge on any atom is -0.387 e. The monoisotopic (exact) mass is 454 g/mol. The lowest BCUT2D eigenvalue weighted by Gasteiger charge is -2.70. The van der Waals surface area contributed by atoms with Crippen LogP contribution >= 0.6 is 0 Å². The largest absolute Gasteiger partial charge is 0.387 e. The van der Waals surface area contributed by atoms with Gasteiger partial charge in [0.2, 0.25) is 0 Å². The Hall–Kier alpha value is -2.98. The summed E-state index contributed by atoms with van der Waals surface area (Å²) in [5, 5.41) is 18.2. The maximum atomic E-state index is 9.09. The molecule has 0 aromatic heterocycles. The highest BCUT2D eigenvalue weighted by molar-refractivity contribution is 5.51.